The lowest BCUT2D eigenvalue weighted by Gasteiger charge is -2.11. The Morgan fingerprint density at radius 3 is 2.16 bits per heavy atom. The number of halogens is 1. The van der Waals surface area contributed by atoms with Crippen LogP contribution in [0, 0.1) is 6.92 Å². The maximum atomic E-state index is 12.7. The van der Waals surface area contributed by atoms with Gasteiger partial charge in [0.05, 0.1) is 11.4 Å². The van der Waals surface area contributed by atoms with Crippen LogP contribution in [0.25, 0.3) is 6.08 Å². The number of carbonyl (C=O) groups is 3. The van der Waals surface area contributed by atoms with Crippen LogP contribution in [-0.2, 0) is 4.79 Å². The van der Waals surface area contributed by atoms with E-state index >= 15 is 0 Å². The Balaban J connectivity index is 1.43. The summed E-state index contributed by atoms with van der Waals surface area (Å²) in [6.45, 7) is 1.76. The van der Waals surface area contributed by atoms with Gasteiger partial charge in [-0.1, -0.05) is 53.2 Å². The molecule has 4 rings (SSSR count). The average molecular weight is 480 g/mol. The number of carbonyl (C=O) groups excluding carboxylic acids is 3. The molecule has 0 bridgehead atoms. The van der Waals surface area contributed by atoms with Crippen molar-refractivity contribution in [3.8, 4) is 0 Å². The smallest absolute Gasteiger partial charge is 0.292 e. The summed E-state index contributed by atoms with van der Waals surface area (Å²) >= 11 is 8.34. The molecular weight excluding hydrogens is 462 g/mol. The molecule has 0 N–H and O–H groups in total. The van der Waals surface area contributed by atoms with Crippen LogP contribution in [0.1, 0.15) is 21.5 Å². The molecule has 32 heavy (non-hydrogen) atoms. The molecular formula is C25H18ClNO3S2. The van der Waals surface area contributed by atoms with E-state index in [1.807, 2.05) is 24.3 Å². The van der Waals surface area contributed by atoms with Crippen molar-refractivity contribution in [1.82, 2.24) is 4.90 Å². The number of amides is 2. The fourth-order valence-electron chi connectivity index (χ4n) is 3.03. The van der Waals surface area contributed by atoms with Crippen molar-refractivity contribution in [2.75, 3.05) is 6.54 Å². The first-order valence-electron chi connectivity index (χ1n) is 9.78. The van der Waals surface area contributed by atoms with E-state index < -0.39 is 11.1 Å². The fourth-order valence-corrected chi connectivity index (χ4v) is 4.81. The van der Waals surface area contributed by atoms with Crippen LogP contribution in [0.4, 0.5) is 4.79 Å². The number of nitrogens with zero attached hydrogens (tertiary/aromatic N) is 1. The molecule has 3 aromatic rings. The summed E-state index contributed by atoms with van der Waals surface area (Å²) in [4.78, 5) is 41.0. The number of hydrogen-bond acceptors (Lipinski definition) is 5. The summed E-state index contributed by atoms with van der Waals surface area (Å²) in [6, 6.07) is 22.4. The average Bonchev–Trinajstić information content (AvgIpc) is 3.04. The number of thioether (sulfide) groups is 1. The molecule has 0 unspecified atom stereocenters. The number of hydrogen-bond donors (Lipinski definition) is 0. The van der Waals surface area contributed by atoms with E-state index in [1.165, 1.54) is 5.56 Å². The number of ketones is 1. The highest BCUT2D eigenvalue weighted by Gasteiger charge is 2.36. The lowest BCUT2D eigenvalue weighted by Crippen LogP contribution is -2.33. The molecule has 160 valence electrons. The molecule has 0 spiro atoms. The van der Waals surface area contributed by atoms with Gasteiger partial charge in [0.25, 0.3) is 11.1 Å². The fraction of sp³-hybridized carbons (Fsp3) is 0.0800. The first-order chi connectivity index (χ1) is 15.4. The second-order valence-electron chi connectivity index (χ2n) is 7.18. The van der Waals surface area contributed by atoms with Crippen molar-refractivity contribution in [1.29, 1.82) is 0 Å². The number of benzene rings is 3. The standard InChI is InChI=1S/C25H18ClNO3S2/c1-16-2-10-20(11-3-16)31-21-12-4-17(5-13-21)14-23-24(29)27(25(30)32-23)15-22(28)18-6-8-19(26)9-7-18/h2-14H,15H2,1H3/b23-14-. The van der Waals surface area contributed by atoms with Crippen molar-refractivity contribution in [2.24, 2.45) is 0 Å². The Labute approximate surface area is 199 Å². The van der Waals surface area contributed by atoms with Crippen LogP contribution in [0.5, 0.6) is 0 Å². The van der Waals surface area contributed by atoms with E-state index in [1.54, 1.807) is 42.1 Å². The summed E-state index contributed by atoms with van der Waals surface area (Å²) in [6.07, 6.45) is 1.68. The van der Waals surface area contributed by atoms with Gasteiger partial charge in [0.1, 0.15) is 0 Å². The molecule has 3 aromatic carbocycles. The minimum Gasteiger partial charge on any atom is -0.292 e. The van der Waals surface area contributed by atoms with Crippen molar-refractivity contribution < 1.29 is 14.4 Å². The molecule has 0 saturated carbocycles. The normalized spacial score (nSPS) is 14.9. The summed E-state index contributed by atoms with van der Waals surface area (Å²) in [7, 11) is 0. The van der Waals surface area contributed by atoms with Gasteiger partial charge in [-0.3, -0.25) is 19.3 Å². The van der Waals surface area contributed by atoms with Crippen molar-refractivity contribution >= 4 is 58.1 Å². The highest BCUT2D eigenvalue weighted by Crippen LogP contribution is 2.33. The van der Waals surface area contributed by atoms with Gasteiger partial charge >= 0.3 is 0 Å². The van der Waals surface area contributed by atoms with Gasteiger partial charge in [-0.2, -0.15) is 0 Å². The Morgan fingerprint density at radius 1 is 0.938 bits per heavy atom. The highest BCUT2D eigenvalue weighted by molar-refractivity contribution is 8.18. The molecule has 7 heteroatoms. The molecule has 1 heterocycles. The molecule has 4 nitrogen and oxygen atoms in total. The molecule has 0 atom stereocenters. The van der Waals surface area contributed by atoms with Crippen LogP contribution >= 0.6 is 35.1 Å². The molecule has 0 radical (unpaired) electrons. The van der Waals surface area contributed by atoms with Gasteiger partial charge in [-0.05, 0) is 78.9 Å². The molecule has 2 amide bonds. The van der Waals surface area contributed by atoms with Crippen LogP contribution in [-0.4, -0.2) is 28.4 Å². The predicted molar refractivity (Wildman–Crippen MR) is 130 cm³/mol. The maximum Gasteiger partial charge on any atom is 0.293 e. The molecule has 0 aromatic heterocycles. The minimum absolute atomic E-state index is 0.296. The van der Waals surface area contributed by atoms with Gasteiger partial charge in [-0.15, -0.1) is 0 Å². The summed E-state index contributed by atoms with van der Waals surface area (Å²) < 4.78 is 0. The van der Waals surface area contributed by atoms with Crippen LogP contribution in [0.15, 0.2) is 87.5 Å². The van der Waals surface area contributed by atoms with E-state index in [-0.39, 0.29) is 12.3 Å². The van der Waals surface area contributed by atoms with Crippen LogP contribution in [0.2, 0.25) is 5.02 Å². The predicted octanol–water partition coefficient (Wildman–Crippen LogP) is 6.72. The van der Waals surface area contributed by atoms with Crippen LogP contribution < -0.4 is 0 Å². The first-order valence-corrected chi connectivity index (χ1v) is 11.8. The number of rotatable bonds is 6. The summed E-state index contributed by atoms with van der Waals surface area (Å²) in [5.41, 5.74) is 2.43. The van der Waals surface area contributed by atoms with Crippen molar-refractivity contribution in [3.05, 3.63) is 99.4 Å². The van der Waals surface area contributed by atoms with Gasteiger partial charge in [0, 0.05) is 20.4 Å². The molecule has 1 saturated heterocycles. The molecule has 0 aliphatic carbocycles. The van der Waals surface area contributed by atoms with Crippen LogP contribution in [0.3, 0.4) is 0 Å². The van der Waals surface area contributed by atoms with Gasteiger partial charge in [0.2, 0.25) is 0 Å². The molecule has 1 aliphatic heterocycles. The Morgan fingerprint density at radius 2 is 1.53 bits per heavy atom. The second kappa shape index (κ2) is 9.77. The van der Waals surface area contributed by atoms with Crippen molar-refractivity contribution in [3.63, 3.8) is 0 Å². The van der Waals surface area contributed by atoms with E-state index in [4.69, 9.17) is 11.6 Å². The van der Waals surface area contributed by atoms with E-state index in [9.17, 15) is 14.4 Å². The lowest BCUT2D eigenvalue weighted by molar-refractivity contribution is -0.122. The number of imide groups is 1. The third-order valence-electron chi connectivity index (χ3n) is 4.78. The third-order valence-corrected chi connectivity index (χ3v) is 6.95. The van der Waals surface area contributed by atoms with E-state index in [0.717, 1.165) is 32.0 Å². The topological polar surface area (TPSA) is 54.5 Å². The zero-order valence-electron chi connectivity index (χ0n) is 17.1. The van der Waals surface area contributed by atoms with E-state index in [0.29, 0.717) is 15.5 Å². The zero-order chi connectivity index (χ0) is 22.7. The highest BCUT2D eigenvalue weighted by atomic mass is 35.5. The largest absolute Gasteiger partial charge is 0.293 e. The van der Waals surface area contributed by atoms with Gasteiger partial charge in [-0.25, -0.2) is 0 Å². The Bertz CT molecular complexity index is 1200. The van der Waals surface area contributed by atoms with Gasteiger partial charge in [0.15, 0.2) is 5.78 Å². The van der Waals surface area contributed by atoms with Gasteiger partial charge < -0.3 is 0 Å². The third kappa shape index (κ3) is 5.33. The van der Waals surface area contributed by atoms with E-state index in [2.05, 4.69) is 31.2 Å². The monoisotopic (exact) mass is 479 g/mol. The minimum atomic E-state index is -0.458. The summed E-state index contributed by atoms with van der Waals surface area (Å²) in [5, 5.41) is 0.0639. The number of Topliss-reactive ketones (excluding diaryl/α,β-unsaturated/α-hetero) is 1. The number of aryl methyl sites for hydroxylation is 1. The Kier molecular flexibility index (Phi) is 6.84. The SMILES string of the molecule is Cc1ccc(Sc2ccc(/C=C3\SC(=O)N(CC(=O)c4ccc(Cl)cc4)C3=O)cc2)cc1. The van der Waals surface area contributed by atoms with Crippen molar-refractivity contribution in [2.45, 2.75) is 16.7 Å². The summed E-state index contributed by atoms with van der Waals surface area (Å²) in [5.74, 6) is -0.775. The lowest BCUT2D eigenvalue weighted by atomic mass is 10.1. The zero-order valence-corrected chi connectivity index (χ0v) is 19.5. The maximum absolute atomic E-state index is 12.7. The molecule has 1 fully saturated rings. The second-order valence-corrected chi connectivity index (χ2v) is 9.76. The first kappa shape index (κ1) is 22.4. The Hall–Kier alpha value is -2.80. The molecule has 1 aliphatic rings. The quantitative estimate of drug-likeness (QED) is 0.290.